The molecule has 1 atom stereocenters. The van der Waals surface area contributed by atoms with Gasteiger partial charge in [-0.05, 0) is 31.1 Å². The number of hydrogen-bond acceptors (Lipinski definition) is 2. The van der Waals surface area contributed by atoms with Gasteiger partial charge in [0.25, 0.3) is 0 Å². The third-order valence-corrected chi connectivity index (χ3v) is 3.73. The molecule has 0 N–H and O–H groups in total. The molecular formula is C11H23NS. The molecule has 0 radical (unpaired) electrons. The summed E-state index contributed by atoms with van der Waals surface area (Å²) in [7, 11) is 0. The van der Waals surface area contributed by atoms with Gasteiger partial charge in [-0.15, -0.1) is 0 Å². The van der Waals surface area contributed by atoms with Gasteiger partial charge >= 0.3 is 0 Å². The highest BCUT2D eigenvalue weighted by Crippen LogP contribution is 2.23. The standard InChI is InChI=1S/C11H23NS/c1-3-12(8-10(2)9-13)11-6-4-5-7-11/h10-11,13H,3-9H2,1-2H3. The second kappa shape index (κ2) is 5.92. The monoisotopic (exact) mass is 201 g/mol. The van der Waals surface area contributed by atoms with E-state index < -0.39 is 0 Å². The zero-order valence-corrected chi connectivity index (χ0v) is 9.89. The molecule has 78 valence electrons. The summed E-state index contributed by atoms with van der Waals surface area (Å²) in [5.74, 6) is 1.76. The van der Waals surface area contributed by atoms with Crippen molar-refractivity contribution < 1.29 is 0 Å². The van der Waals surface area contributed by atoms with Crippen LogP contribution in [0.25, 0.3) is 0 Å². The fourth-order valence-electron chi connectivity index (χ4n) is 2.26. The van der Waals surface area contributed by atoms with Crippen LogP contribution in [-0.4, -0.2) is 29.8 Å². The van der Waals surface area contributed by atoms with Gasteiger partial charge in [-0.2, -0.15) is 12.6 Å². The van der Waals surface area contributed by atoms with E-state index in [4.69, 9.17) is 0 Å². The summed E-state index contributed by atoms with van der Waals surface area (Å²) >= 11 is 4.34. The highest BCUT2D eigenvalue weighted by molar-refractivity contribution is 7.80. The van der Waals surface area contributed by atoms with Crippen molar-refractivity contribution in [2.75, 3.05) is 18.8 Å². The van der Waals surface area contributed by atoms with E-state index in [0.717, 1.165) is 17.7 Å². The maximum absolute atomic E-state index is 4.34. The van der Waals surface area contributed by atoms with Gasteiger partial charge in [0.1, 0.15) is 0 Å². The lowest BCUT2D eigenvalue weighted by atomic mass is 10.1. The SMILES string of the molecule is CCN(CC(C)CS)C1CCCC1. The topological polar surface area (TPSA) is 3.24 Å². The van der Waals surface area contributed by atoms with Crippen molar-refractivity contribution in [3.8, 4) is 0 Å². The van der Waals surface area contributed by atoms with Gasteiger partial charge in [0.2, 0.25) is 0 Å². The molecule has 1 aliphatic carbocycles. The van der Waals surface area contributed by atoms with E-state index in [1.54, 1.807) is 0 Å². The van der Waals surface area contributed by atoms with Crippen molar-refractivity contribution in [2.24, 2.45) is 5.92 Å². The first kappa shape index (κ1) is 11.4. The minimum absolute atomic E-state index is 0.740. The molecule has 0 heterocycles. The molecule has 0 bridgehead atoms. The first-order chi connectivity index (χ1) is 6.27. The third-order valence-electron chi connectivity index (χ3n) is 3.11. The molecule has 0 spiro atoms. The Bertz CT molecular complexity index is 132. The summed E-state index contributed by atoms with van der Waals surface area (Å²) in [6.07, 6.45) is 5.73. The van der Waals surface area contributed by atoms with Crippen molar-refractivity contribution >= 4 is 12.6 Å². The smallest absolute Gasteiger partial charge is 0.00952 e. The molecule has 0 aromatic heterocycles. The molecule has 1 aliphatic rings. The molecule has 0 aromatic rings. The lowest BCUT2D eigenvalue weighted by molar-refractivity contribution is 0.188. The van der Waals surface area contributed by atoms with Crippen molar-refractivity contribution in [1.82, 2.24) is 4.90 Å². The Morgan fingerprint density at radius 1 is 1.38 bits per heavy atom. The highest BCUT2D eigenvalue weighted by atomic mass is 32.1. The first-order valence-electron chi connectivity index (χ1n) is 5.62. The molecular weight excluding hydrogens is 178 g/mol. The van der Waals surface area contributed by atoms with Gasteiger partial charge < -0.3 is 4.90 Å². The second-order valence-electron chi connectivity index (χ2n) is 4.31. The van der Waals surface area contributed by atoms with Crippen LogP contribution in [0.15, 0.2) is 0 Å². The van der Waals surface area contributed by atoms with Gasteiger partial charge in [-0.3, -0.25) is 0 Å². The van der Waals surface area contributed by atoms with Crippen LogP contribution in [0, 0.1) is 5.92 Å². The van der Waals surface area contributed by atoms with Crippen LogP contribution in [0.2, 0.25) is 0 Å². The Morgan fingerprint density at radius 2 is 2.00 bits per heavy atom. The minimum Gasteiger partial charge on any atom is -0.300 e. The fourth-order valence-corrected chi connectivity index (χ4v) is 2.38. The average Bonchev–Trinajstić information content (AvgIpc) is 2.66. The lowest BCUT2D eigenvalue weighted by Crippen LogP contribution is -2.36. The Morgan fingerprint density at radius 3 is 2.46 bits per heavy atom. The van der Waals surface area contributed by atoms with Gasteiger partial charge in [0, 0.05) is 12.6 Å². The summed E-state index contributed by atoms with van der Waals surface area (Å²) in [4.78, 5) is 2.65. The molecule has 0 aromatic carbocycles. The maximum Gasteiger partial charge on any atom is 0.00952 e. The van der Waals surface area contributed by atoms with Crippen LogP contribution in [-0.2, 0) is 0 Å². The van der Waals surface area contributed by atoms with Gasteiger partial charge in [0.15, 0.2) is 0 Å². The number of rotatable bonds is 5. The van der Waals surface area contributed by atoms with E-state index in [9.17, 15) is 0 Å². The van der Waals surface area contributed by atoms with Gasteiger partial charge in [0.05, 0.1) is 0 Å². The largest absolute Gasteiger partial charge is 0.300 e. The van der Waals surface area contributed by atoms with Gasteiger partial charge in [-0.25, -0.2) is 0 Å². The maximum atomic E-state index is 4.34. The Hall–Kier alpha value is 0.310. The molecule has 13 heavy (non-hydrogen) atoms. The van der Waals surface area contributed by atoms with E-state index in [1.807, 2.05) is 0 Å². The van der Waals surface area contributed by atoms with Crippen LogP contribution >= 0.6 is 12.6 Å². The van der Waals surface area contributed by atoms with Crippen molar-refractivity contribution in [1.29, 1.82) is 0 Å². The molecule has 2 heteroatoms. The van der Waals surface area contributed by atoms with E-state index >= 15 is 0 Å². The predicted octanol–water partition coefficient (Wildman–Crippen LogP) is 2.82. The van der Waals surface area contributed by atoms with Crippen LogP contribution in [0.4, 0.5) is 0 Å². The zero-order chi connectivity index (χ0) is 9.68. The fraction of sp³-hybridized carbons (Fsp3) is 1.00. The van der Waals surface area contributed by atoms with Crippen molar-refractivity contribution in [3.05, 3.63) is 0 Å². The van der Waals surface area contributed by atoms with Crippen LogP contribution < -0.4 is 0 Å². The molecule has 1 rings (SSSR count). The first-order valence-corrected chi connectivity index (χ1v) is 6.26. The minimum atomic E-state index is 0.740. The van der Waals surface area contributed by atoms with E-state index in [1.165, 1.54) is 38.8 Å². The predicted molar refractivity (Wildman–Crippen MR) is 62.5 cm³/mol. The molecule has 0 amide bonds. The summed E-state index contributed by atoms with van der Waals surface area (Å²) in [6.45, 7) is 7.03. The molecule has 1 fully saturated rings. The Balaban J connectivity index is 2.32. The van der Waals surface area contributed by atoms with Crippen molar-refractivity contribution in [3.63, 3.8) is 0 Å². The number of hydrogen-bond donors (Lipinski definition) is 1. The Kier molecular flexibility index (Phi) is 5.18. The third kappa shape index (κ3) is 3.51. The molecule has 0 saturated heterocycles. The summed E-state index contributed by atoms with van der Waals surface area (Å²) in [6, 6.07) is 0.882. The van der Waals surface area contributed by atoms with E-state index in [-0.39, 0.29) is 0 Å². The average molecular weight is 201 g/mol. The van der Waals surface area contributed by atoms with Gasteiger partial charge in [-0.1, -0.05) is 26.7 Å². The van der Waals surface area contributed by atoms with E-state index in [2.05, 4.69) is 31.4 Å². The quantitative estimate of drug-likeness (QED) is 0.669. The normalized spacial score (nSPS) is 21.2. The molecule has 0 aliphatic heterocycles. The van der Waals surface area contributed by atoms with E-state index in [0.29, 0.717) is 0 Å². The molecule has 1 saturated carbocycles. The summed E-state index contributed by atoms with van der Waals surface area (Å²) in [5.41, 5.74) is 0. The second-order valence-corrected chi connectivity index (χ2v) is 4.68. The summed E-state index contributed by atoms with van der Waals surface area (Å²) in [5, 5.41) is 0. The van der Waals surface area contributed by atoms with Crippen molar-refractivity contribution in [2.45, 2.75) is 45.6 Å². The Labute approximate surface area is 88.3 Å². The van der Waals surface area contributed by atoms with Crippen LogP contribution in [0.3, 0.4) is 0 Å². The highest BCUT2D eigenvalue weighted by Gasteiger charge is 2.21. The summed E-state index contributed by atoms with van der Waals surface area (Å²) < 4.78 is 0. The van der Waals surface area contributed by atoms with Crippen LogP contribution in [0.5, 0.6) is 0 Å². The lowest BCUT2D eigenvalue weighted by Gasteiger charge is -2.29. The number of nitrogens with zero attached hydrogens (tertiary/aromatic N) is 1. The zero-order valence-electron chi connectivity index (χ0n) is 9.00. The van der Waals surface area contributed by atoms with Crippen LogP contribution in [0.1, 0.15) is 39.5 Å². The number of thiol groups is 1. The molecule has 1 nitrogen and oxygen atoms in total. The molecule has 1 unspecified atom stereocenters.